The van der Waals surface area contributed by atoms with Crippen molar-refractivity contribution < 1.29 is 14.6 Å². The third kappa shape index (κ3) is 6.93. The van der Waals surface area contributed by atoms with Crippen LogP contribution in [-0.2, 0) is 24.4 Å². The van der Waals surface area contributed by atoms with Gasteiger partial charge in [-0.05, 0) is 0 Å². The molecule has 0 unspecified atom stereocenters. The van der Waals surface area contributed by atoms with Gasteiger partial charge in [0, 0.05) is 0 Å². The number of thiophene rings is 2. The molecule has 7 heteroatoms. The monoisotopic (exact) mass is 721 g/mol. The molecular weight excluding hydrogens is 674 g/mol. The van der Waals surface area contributed by atoms with E-state index in [1.165, 1.54) is 71.1 Å². The predicted molar refractivity (Wildman–Crippen MR) is 184 cm³/mol. The van der Waals surface area contributed by atoms with Crippen LogP contribution in [0.15, 0.2) is 24.3 Å². The summed E-state index contributed by atoms with van der Waals surface area (Å²) in [7, 11) is 1.82. The quantitative estimate of drug-likeness (QED) is 0.0769. The van der Waals surface area contributed by atoms with Crippen molar-refractivity contribution in [2.24, 2.45) is 0 Å². The number of aliphatic hydroxyl groups excluding tert-OH is 1. The molecule has 226 valence electrons. The number of ether oxygens (including phenoxy) is 1. The number of benzene rings is 2. The third-order valence-electron chi connectivity index (χ3n) is 8.25. The molecule has 3 aromatic heterocycles. The number of Topliss-reactive ketones (excluding diaryl/α,β-unsaturated/α-hetero) is 1. The van der Waals surface area contributed by atoms with E-state index in [1.807, 2.05) is 18.4 Å². The number of ketones is 1. The summed E-state index contributed by atoms with van der Waals surface area (Å²) in [5.41, 5.74) is 1.07. The van der Waals surface area contributed by atoms with Crippen LogP contribution in [0.2, 0.25) is 0 Å². The summed E-state index contributed by atoms with van der Waals surface area (Å²) in [6.45, 7) is 10.1. The molecule has 0 radical (unpaired) electrons. The minimum absolute atomic E-state index is 0.0372. The van der Waals surface area contributed by atoms with Crippen LogP contribution in [0.4, 0.5) is 0 Å². The number of hydrogen-bond acceptors (Lipinski definition) is 6. The van der Waals surface area contributed by atoms with Crippen molar-refractivity contribution in [3.63, 3.8) is 0 Å². The maximum atomic E-state index is 12.7. The fourth-order valence-electron chi connectivity index (χ4n) is 5.98. The number of fused-ring (bicyclic) bond motifs is 5. The average molecular weight is 719 g/mol. The van der Waals surface area contributed by atoms with Gasteiger partial charge in [0.15, 0.2) is 0 Å². The standard InChI is InChI=1S/C35H45NO3S2Te/c1-5-8-11-12-13-25(38)20-26-16-23-18-28-29-19-24-17-27(21-36(14-9-6-2)15-10-7-3)41-33(24)31(39-4)35(29)42-34(28)30(22-37)32(23)40-26/h16-19,37H,5-15,20-22H2,1-4H3. The first-order valence-electron chi connectivity index (χ1n) is 15.8. The Morgan fingerprint density at radius 2 is 1.48 bits per heavy atom. The second-order valence-corrected chi connectivity index (χ2v) is 16.7. The van der Waals surface area contributed by atoms with Gasteiger partial charge in [-0.15, -0.1) is 0 Å². The summed E-state index contributed by atoms with van der Waals surface area (Å²) in [6, 6.07) is 9.28. The van der Waals surface area contributed by atoms with Crippen LogP contribution in [0.3, 0.4) is 0 Å². The van der Waals surface area contributed by atoms with E-state index in [4.69, 9.17) is 4.74 Å². The molecule has 0 fully saturated rings. The molecule has 0 aliphatic heterocycles. The van der Waals surface area contributed by atoms with Gasteiger partial charge >= 0.3 is 263 Å². The normalized spacial score (nSPS) is 12.1. The molecule has 5 rings (SSSR count). The zero-order valence-electron chi connectivity index (χ0n) is 25.6. The molecule has 5 aromatic rings. The number of nitrogens with zero attached hydrogens (tertiary/aromatic N) is 1. The van der Waals surface area contributed by atoms with Gasteiger partial charge < -0.3 is 0 Å². The number of unbranched alkanes of at least 4 members (excludes halogenated alkanes) is 5. The zero-order chi connectivity index (χ0) is 29.6. The number of carbonyl (C=O) groups is 1. The van der Waals surface area contributed by atoms with Gasteiger partial charge in [-0.3, -0.25) is 0 Å². The fourth-order valence-corrected chi connectivity index (χ4v) is 12.6. The fraction of sp³-hybridized carbons (Fsp3) is 0.514. The Kier molecular flexibility index (Phi) is 11.4. The van der Waals surface area contributed by atoms with Gasteiger partial charge in [0.05, 0.1) is 0 Å². The Morgan fingerprint density at radius 1 is 0.833 bits per heavy atom. The second-order valence-electron chi connectivity index (χ2n) is 11.5. The summed E-state index contributed by atoms with van der Waals surface area (Å²) < 4.78 is 11.3. The molecule has 4 nitrogen and oxygen atoms in total. The van der Waals surface area contributed by atoms with E-state index in [9.17, 15) is 9.90 Å². The SMILES string of the molecule is CCCCCCC(=O)Cc1cc2cc3c([te]c4c(OC)c5sc(CN(CCCC)CCCC)cc5cc43)c(CO)c2s1. The number of methoxy groups -OCH3 is 1. The molecule has 42 heavy (non-hydrogen) atoms. The van der Waals surface area contributed by atoms with Crippen molar-refractivity contribution in [2.75, 3.05) is 20.2 Å². The molecule has 2 aromatic carbocycles. The number of carbonyl (C=O) groups excluding carboxylic acids is 1. The molecule has 0 aliphatic carbocycles. The van der Waals surface area contributed by atoms with E-state index in [0.29, 0.717) is 18.6 Å². The van der Waals surface area contributed by atoms with E-state index in [0.717, 1.165) is 58.8 Å². The second kappa shape index (κ2) is 15.0. The third-order valence-corrected chi connectivity index (χ3v) is 14.2. The summed E-state index contributed by atoms with van der Waals surface area (Å²) in [5, 5.41) is 15.6. The molecule has 0 amide bonds. The van der Waals surface area contributed by atoms with Crippen LogP contribution >= 0.6 is 22.7 Å². The van der Waals surface area contributed by atoms with Crippen LogP contribution in [0.5, 0.6) is 5.75 Å². The van der Waals surface area contributed by atoms with Crippen molar-refractivity contribution >= 4 is 86.6 Å². The Morgan fingerprint density at radius 3 is 2.14 bits per heavy atom. The van der Waals surface area contributed by atoms with Crippen molar-refractivity contribution in [1.29, 1.82) is 0 Å². The van der Waals surface area contributed by atoms with Crippen molar-refractivity contribution in [1.82, 2.24) is 4.90 Å². The van der Waals surface area contributed by atoms with Gasteiger partial charge in [0.1, 0.15) is 0 Å². The van der Waals surface area contributed by atoms with Crippen LogP contribution in [0, 0.1) is 0 Å². The average Bonchev–Trinajstić information content (AvgIpc) is 3.68. The first kappa shape index (κ1) is 31.9. The Hall–Kier alpha value is -1.46. The van der Waals surface area contributed by atoms with Gasteiger partial charge in [-0.2, -0.15) is 0 Å². The molecule has 0 spiro atoms. The van der Waals surface area contributed by atoms with Crippen molar-refractivity contribution in [3.8, 4) is 5.75 Å². The summed E-state index contributed by atoms with van der Waals surface area (Å²) >= 11 is 2.87. The maximum absolute atomic E-state index is 12.7. The van der Waals surface area contributed by atoms with Crippen LogP contribution in [-0.4, -0.2) is 56.4 Å². The van der Waals surface area contributed by atoms with Crippen LogP contribution in [0.1, 0.15) is 93.9 Å². The minimum atomic E-state index is -0.727. The molecule has 0 saturated carbocycles. The van der Waals surface area contributed by atoms with Crippen LogP contribution < -0.4 is 4.74 Å². The van der Waals surface area contributed by atoms with Gasteiger partial charge in [-0.1, -0.05) is 6.92 Å². The Balaban J connectivity index is 1.51. The van der Waals surface area contributed by atoms with E-state index in [-0.39, 0.29) is 6.61 Å². The zero-order valence-corrected chi connectivity index (χ0v) is 29.6. The molecular formula is C35H45NO3S2Te. The van der Waals surface area contributed by atoms with Gasteiger partial charge in [-0.25, -0.2) is 0 Å². The van der Waals surface area contributed by atoms with E-state index in [2.05, 4.69) is 49.9 Å². The topological polar surface area (TPSA) is 49.8 Å². The summed E-state index contributed by atoms with van der Waals surface area (Å²) in [4.78, 5) is 17.8. The van der Waals surface area contributed by atoms with Crippen molar-refractivity contribution in [3.05, 3.63) is 39.6 Å². The van der Waals surface area contributed by atoms with Gasteiger partial charge in [0.25, 0.3) is 0 Å². The first-order chi connectivity index (χ1) is 20.5. The Bertz CT molecular complexity index is 1660. The molecule has 0 saturated heterocycles. The first-order valence-corrected chi connectivity index (χ1v) is 19.7. The van der Waals surface area contributed by atoms with E-state index >= 15 is 0 Å². The molecule has 3 heterocycles. The van der Waals surface area contributed by atoms with E-state index in [1.54, 1.807) is 11.3 Å². The molecule has 0 atom stereocenters. The predicted octanol–water partition coefficient (Wildman–Crippen LogP) is 9.46. The molecule has 0 aliphatic rings. The van der Waals surface area contributed by atoms with E-state index < -0.39 is 20.4 Å². The number of aliphatic hydroxyl groups is 1. The number of rotatable bonds is 17. The van der Waals surface area contributed by atoms with Crippen LogP contribution in [0.25, 0.3) is 37.7 Å². The summed E-state index contributed by atoms with van der Waals surface area (Å²) in [5.74, 6) is 1.38. The van der Waals surface area contributed by atoms with Crippen molar-refractivity contribution in [2.45, 2.75) is 98.1 Å². The molecule has 0 bridgehead atoms. The van der Waals surface area contributed by atoms with Gasteiger partial charge in [0.2, 0.25) is 0 Å². The summed E-state index contributed by atoms with van der Waals surface area (Å²) in [6.07, 6.45) is 10.6. The Labute approximate surface area is 268 Å². The number of hydrogen-bond donors (Lipinski definition) is 1. The molecule has 1 N–H and O–H groups in total.